The second kappa shape index (κ2) is 63.9. The molecule has 1 aliphatic rings. The molecule has 0 aromatic rings. The number of amides is 1. The van der Waals surface area contributed by atoms with Crippen molar-refractivity contribution >= 4 is 11.9 Å². The Balaban J connectivity index is 2.63. The Labute approximate surface area is 543 Å². The van der Waals surface area contributed by atoms with Gasteiger partial charge in [-0.1, -0.05) is 289 Å². The van der Waals surface area contributed by atoms with E-state index in [1.807, 2.05) is 6.08 Å². The van der Waals surface area contributed by atoms with Crippen molar-refractivity contribution in [2.45, 2.75) is 333 Å². The van der Waals surface area contributed by atoms with Gasteiger partial charge < -0.3 is 45.1 Å². The highest BCUT2D eigenvalue weighted by atomic mass is 16.7. The molecule has 0 radical (unpaired) electrons. The van der Waals surface area contributed by atoms with Crippen LogP contribution in [0.4, 0.5) is 0 Å². The van der Waals surface area contributed by atoms with Crippen LogP contribution < -0.4 is 5.32 Å². The summed E-state index contributed by atoms with van der Waals surface area (Å²) in [6.07, 6.45) is 80.4. The molecule has 1 fully saturated rings. The third-order valence-electron chi connectivity index (χ3n) is 16.0. The summed E-state index contributed by atoms with van der Waals surface area (Å²) in [4.78, 5) is 26.7. The van der Waals surface area contributed by atoms with Crippen molar-refractivity contribution in [3.8, 4) is 0 Å². The Bertz CT molecular complexity index is 1960. The Kier molecular flexibility index (Phi) is 59.5. The first-order valence-electron chi connectivity index (χ1n) is 36.0. The maximum atomic E-state index is 13.5. The smallest absolute Gasteiger partial charge is 0.306 e. The molecule has 0 spiro atoms. The molecule has 89 heavy (non-hydrogen) atoms. The maximum absolute atomic E-state index is 13.5. The summed E-state index contributed by atoms with van der Waals surface area (Å²) in [5, 5.41) is 57.3. The second-order valence-corrected chi connectivity index (χ2v) is 24.2. The number of aliphatic hydroxyl groups is 5. The molecule has 8 unspecified atom stereocenters. The van der Waals surface area contributed by atoms with E-state index >= 15 is 0 Å². The summed E-state index contributed by atoms with van der Waals surface area (Å²) in [6.45, 7) is 5.65. The number of hydrogen-bond donors (Lipinski definition) is 6. The van der Waals surface area contributed by atoms with Gasteiger partial charge in [-0.15, -0.1) is 0 Å². The molecule has 1 aliphatic heterocycles. The molecular formula is C78H131NO10. The van der Waals surface area contributed by atoms with E-state index in [0.29, 0.717) is 12.8 Å². The molecule has 11 nitrogen and oxygen atoms in total. The average molecular weight is 1240 g/mol. The molecular weight excluding hydrogens is 1110 g/mol. The largest absolute Gasteiger partial charge is 0.454 e. The van der Waals surface area contributed by atoms with E-state index in [-0.39, 0.29) is 19.4 Å². The van der Waals surface area contributed by atoms with Gasteiger partial charge in [0, 0.05) is 6.42 Å². The van der Waals surface area contributed by atoms with Crippen LogP contribution in [0.15, 0.2) is 134 Å². The fourth-order valence-electron chi connectivity index (χ4n) is 10.4. The summed E-state index contributed by atoms with van der Waals surface area (Å²) >= 11 is 0. The van der Waals surface area contributed by atoms with Crippen LogP contribution in [-0.4, -0.2) is 99.6 Å². The van der Waals surface area contributed by atoms with Crippen LogP contribution in [0.5, 0.6) is 0 Å². The van der Waals surface area contributed by atoms with Crippen molar-refractivity contribution in [2.75, 3.05) is 13.2 Å². The molecule has 1 amide bonds. The zero-order valence-corrected chi connectivity index (χ0v) is 56.5. The second-order valence-electron chi connectivity index (χ2n) is 24.2. The van der Waals surface area contributed by atoms with Crippen LogP contribution >= 0.6 is 0 Å². The van der Waals surface area contributed by atoms with Gasteiger partial charge in [0.1, 0.15) is 24.4 Å². The molecule has 1 heterocycles. The van der Waals surface area contributed by atoms with E-state index in [1.165, 1.54) is 77.0 Å². The lowest BCUT2D eigenvalue weighted by molar-refractivity contribution is -0.305. The molecule has 8 atom stereocenters. The van der Waals surface area contributed by atoms with Crippen molar-refractivity contribution in [1.29, 1.82) is 0 Å². The standard InChI is InChI=1S/C78H131NO10/c1-4-7-10-13-16-19-22-25-27-29-31-33-35-37-38-40-42-44-47-50-53-56-59-62-65-71(82)77(86)79-69(70(81)64-61-58-55-52-49-46-24-21-18-15-12-9-6-3)68-87-78-76(75(85)74(84)72(67-80)88-78)89-73(83)66-63-60-57-54-51-48-45-43-41-39-36-34-32-30-28-26-23-20-17-14-11-8-5-2/h7,10,16-17,19-20,25-28,31-34,37-39,41-42,44,61,64,69-72,74-76,78,80-82,84-85H,4-6,8-9,11-15,18,21-24,29-30,35-36,40,43,45-60,62-63,65-68H2,1-3H3,(H,79,86)/b10-7-,19-16-,20-17-,27-25-,28-26-,33-31-,34-32-,38-37-,41-39-,44-42-,64-61+. The first kappa shape index (κ1) is 82.8. The van der Waals surface area contributed by atoms with Gasteiger partial charge in [-0.05, 0) is 122 Å². The molecule has 11 heteroatoms. The fraction of sp³-hybridized carbons (Fsp3) is 0.692. The first-order chi connectivity index (χ1) is 43.7. The lowest BCUT2D eigenvalue weighted by Gasteiger charge is -2.41. The van der Waals surface area contributed by atoms with Gasteiger partial charge in [0.05, 0.1) is 25.4 Å². The van der Waals surface area contributed by atoms with Crippen LogP contribution in [0.3, 0.4) is 0 Å². The van der Waals surface area contributed by atoms with E-state index in [4.69, 9.17) is 14.2 Å². The zero-order chi connectivity index (χ0) is 64.6. The van der Waals surface area contributed by atoms with Gasteiger partial charge in [0.25, 0.3) is 0 Å². The molecule has 0 aromatic carbocycles. The highest BCUT2D eigenvalue weighted by molar-refractivity contribution is 5.80. The Morgan fingerprint density at radius 3 is 1.24 bits per heavy atom. The van der Waals surface area contributed by atoms with Crippen molar-refractivity contribution in [2.24, 2.45) is 0 Å². The first-order valence-corrected chi connectivity index (χ1v) is 36.0. The molecule has 1 rings (SSSR count). The van der Waals surface area contributed by atoms with E-state index < -0.39 is 67.4 Å². The van der Waals surface area contributed by atoms with Gasteiger partial charge in [0.2, 0.25) is 5.91 Å². The number of allylic oxidation sites excluding steroid dienone is 21. The predicted octanol–water partition coefficient (Wildman–Crippen LogP) is 18.7. The highest BCUT2D eigenvalue weighted by Gasteiger charge is 2.47. The molecule has 0 aliphatic carbocycles. The summed E-state index contributed by atoms with van der Waals surface area (Å²) in [6, 6.07) is -1.05. The minimum atomic E-state index is -1.63. The summed E-state index contributed by atoms with van der Waals surface area (Å²) < 4.78 is 17.7. The summed E-state index contributed by atoms with van der Waals surface area (Å²) in [5.41, 5.74) is 0. The number of hydrogen-bond acceptors (Lipinski definition) is 10. The average Bonchev–Trinajstić information content (AvgIpc) is 3.11. The van der Waals surface area contributed by atoms with E-state index in [1.54, 1.807) is 6.08 Å². The van der Waals surface area contributed by atoms with Crippen molar-refractivity contribution in [3.63, 3.8) is 0 Å². The third-order valence-corrected chi connectivity index (χ3v) is 16.0. The molecule has 1 saturated heterocycles. The van der Waals surface area contributed by atoms with Gasteiger partial charge >= 0.3 is 5.97 Å². The number of nitrogens with one attached hydrogen (secondary N) is 1. The minimum absolute atomic E-state index is 0.102. The van der Waals surface area contributed by atoms with E-state index in [0.717, 1.165) is 161 Å². The SMILES string of the molecule is CC/C=C\C/C=C\C/C=C\C/C=C\C/C=C\C/C=C\CCCCCCCC(O)C(=O)NC(COC1OC(CO)C(O)C(O)C1OC(=O)CCCCCCCCC/C=C\C/C=C\C/C=C\C/C=C\CCCCC)C(O)/C=C/CCCCCCCCCCCCC. The number of rotatable bonds is 60. The van der Waals surface area contributed by atoms with Crippen LogP contribution in [0.1, 0.15) is 284 Å². The maximum Gasteiger partial charge on any atom is 0.306 e. The molecule has 0 saturated carbocycles. The number of carbonyl (C=O) groups is 2. The number of carbonyl (C=O) groups excluding carboxylic acids is 2. The topological polar surface area (TPSA) is 175 Å². The molecule has 508 valence electrons. The van der Waals surface area contributed by atoms with Crippen molar-refractivity contribution in [1.82, 2.24) is 5.32 Å². The Hall–Kier alpha value is -4.20. The number of ether oxygens (including phenoxy) is 3. The Morgan fingerprint density at radius 1 is 0.449 bits per heavy atom. The van der Waals surface area contributed by atoms with Crippen LogP contribution in [0.2, 0.25) is 0 Å². The highest BCUT2D eigenvalue weighted by Crippen LogP contribution is 2.26. The van der Waals surface area contributed by atoms with Crippen LogP contribution in [-0.2, 0) is 23.8 Å². The quantitative estimate of drug-likeness (QED) is 0.0195. The van der Waals surface area contributed by atoms with Crippen LogP contribution in [0.25, 0.3) is 0 Å². The predicted molar refractivity (Wildman–Crippen MR) is 374 cm³/mol. The van der Waals surface area contributed by atoms with Crippen molar-refractivity contribution < 1.29 is 49.3 Å². The molecule has 0 aromatic heterocycles. The zero-order valence-electron chi connectivity index (χ0n) is 56.5. The molecule has 6 N–H and O–H groups in total. The lowest BCUT2D eigenvalue weighted by Crippen LogP contribution is -2.61. The van der Waals surface area contributed by atoms with Gasteiger partial charge in [-0.3, -0.25) is 9.59 Å². The van der Waals surface area contributed by atoms with Gasteiger partial charge in [-0.2, -0.15) is 0 Å². The fourth-order valence-corrected chi connectivity index (χ4v) is 10.4. The van der Waals surface area contributed by atoms with E-state index in [2.05, 4.69) is 148 Å². The summed E-state index contributed by atoms with van der Waals surface area (Å²) in [7, 11) is 0. The normalized spacial score (nSPS) is 18.9. The van der Waals surface area contributed by atoms with Gasteiger partial charge in [0.15, 0.2) is 12.4 Å². The number of esters is 1. The monoisotopic (exact) mass is 1240 g/mol. The molecule has 0 bridgehead atoms. The number of unbranched alkanes of at least 4 members (excludes halogenated alkanes) is 26. The Morgan fingerprint density at radius 2 is 0.809 bits per heavy atom. The van der Waals surface area contributed by atoms with Crippen LogP contribution in [0, 0.1) is 0 Å². The lowest BCUT2D eigenvalue weighted by atomic mass is 9.99. The minimum Gasteiger partial charge on any atom is -0.454 e. The number of aliphatic hydroxyl groups excluding tert-OH is 5. The third kappa shape index (κ3) is 51.1. The van der Waals surface area contributed by atoms with Gasteiger partial charge in [-0.25, -0.2) is 0 Å². The van der Waals surface area contributed by atoms with E-state index in [9.17, 15) is 35.1 Å². The van der Waals surface area contributed by atoms with Crippen molar-refractivity contribution in [3.05, 3.63) is 134 Å². The summed E-state index contributed by atoms with van der Waals surface area (Å²) in [5.74, 6) is -1.23.